The molecule has 2 atom stereocenters. The van der Waals surface area contributed by atoms with Crippen molar-refractivity contribution in [1.29, 1.82) is 0 Å². The van der Waals surface area contributed by atoms with Crippen molar-refractivity contribution in [2.75, 3.05) is 11.5 Å². The van der Waals surface area contributed by atoms with Crippen molar-refractivity contribution in [3.8, 4) is 0 Å². The number of imide groups is 1. The molecule has 2 saturated heterocycles. The lowest BCUT2D eigenvalue weighted by atomic mass is 9.98. The van der Waals surface area contributed by atoms with Gasteiger partial charge in [0.2, 0.25) is 11.8 Å². The van der Waals surface area contributed by atoms with Crippen LogP contribution in [0, 0.1) is 12.8 Å². The molecule has 3 rings (SSSR count). The molecule has 0 saturated carbocycles. The molecule has 0 spiro atoms. The number of carbonyl (C=O) groups is 2. The van der Waals surface area contributed by atoms with Crippen LogP contribution in [0.3, 0.4) is 0 Å². The molecule has 2 aliphatic heterocycles. The average molecular weight is 259 g/mol. The molecule has 2 heterocycles. The van der Waals surface area contributed by atoms with E-state index in [2.05, 4.69) is 0 Å². The molecule has 0 radical (unpaired) electrons. The Labute approximate surface area is 112 Å². The number of benzene rings is 1. The van der Waals surface area contributed by atoms with Gasteiger partial charge in [0, 0.05) is 13.0 Å². The number of carbonyl (C=O) groups excluding carboxylic acids is 2. The minimum absolute atomic E-state index is 0.0769. The molecular weight excluding hydrogens is 242 g/mol. The Morgan fingerprint density at radius 1 is 1.21 bits per heavy atom. The van der Waals surface area contributed by atoms with Gasteiger partial charge < -0.3 is 4.74 Å². The molecule has 0 aromatic heterocycles. The maximum Gasteiger partial charge on any atom is 0.240 e. The van der Waals surface area contributed by atoms with Gasteiger partial charge in [-0.25, -0.2) is 0 Å². The van der Waals surface area contributed by atoms with Gasteiger partial charge in [0.25, 0.3) is 0 Å². The number of nitrogens with zero attached hydrogens (tertiary/aromatic N) is 1. The van der Waals surface area contributed by atoms with Gasteiger partial charge in [-0.3, -0.25) is 14.5 Å². The van der Waals surface area contributed by atoms with Gasteiger partial charge in [-0.05, 0) is 31.9 Å². The fourth-order valence-corrected chi connectivity index (χ4v) is 2.83. The van der Waals surface area contributed by atoms with Crippen LogP contribution in [0.4, 0.5) is 5.69 Å². The third-order valence-electron chi connectivity index (χ3n) is 3.89. The van der Waals surface area contributed by atoms with E-state index in [0.717, 1.165) is 18.4 Å². The Morgan fingerprint density at radius 2 is 1.95 bits per heavy atom. The van der Waals surface area contributed by atoms with Gasteiger partial charge in [0.1, 0.15) is 0 Å². The van der Waals surface area contributed by atoms with E-state index in [1.807, 2.05) is 31.2 Å². The van der Waals surface area contributed by atoms with Gasteiger partial charge in [-0.1, -0.05) is 17.7 Å². The smallest absolute Gasteiger partial charge is 0.240 e. The molecule has 19 heavy (non-hydrogen) atoms. The van der Waals surface area contributed by atoms with Gasteiger partial charge in [-0.15, -0.1) is 0 Å². The summed E-state index contributed by atoms with van der Waals surface area (Å²) in [6.07, 6.45) is 2.06. The Kier molecular flexibility index (Phi) is 3.11. The maximum atomic E-state index is 12.4. The van der Waals surface area contributed by atoms with Crippen LogP contribution in [0.1, 0.15) is 24.8 Å². The van der Waals surface area contributed by atoms with Crippen LogP contribution in [0.15, 0.2) is 24.3 Å². The molecule has 2 fully saturated rings. The molecule has 2 amide bonds. The van der Waals surface area contributed by atoms with E-state index in [4.69, 9.17) is 4.74 Å². The molecule has 1 aromatic rings. The maximum absolute atomic E-state index is 12.4. The molecule has 100 valence electrons. The van der Waals surface area contributed by atoms with Crippen LogP contribution < -0.4 is 4.90 Å². The first-order valence-corrected chi connectivity index (χ1v) is 6.72. The molecule has 4 heteroatoms. The van der Waals surface area contributed by atoms with Crippen LogP contribution in [-0.4, -0.2) is 24.5 Å². The molecule has 2 aliphatic rings. The van der Waals surface area contributed by atoms with Gasteiger partial charge in [-0.2, -0.15) is 0 Å². The number of rotatable bonds is 2. The molecule has 1 aromatic carbocycles. The lowest BCUT2D eigenvalue weighted by molar-refractivity contribution is -0.124. The standard InChI is InChI=1S/C15H17NO3/c1-10-4-6-11(7-5-10)16-14(17)9-12(15(16)18)13-3-2-8-19-13/h4-7,12-13H,2-3,8-9H2,1H3/t12-,13-/m1/s1. The fraction of sp³-hybridized carbons (Fsp3) is 0.467. The normalized spacial score (nSPS) is 27.3. The van der Waals surface area contributed by atoms with E-state index >= 15 is 0 Å². The van der Waals surface area contributed by atoms with Crippen molar-refractivity contribution in [1.82, 2.24) is 0 Å². The molecule has 0 aliphatic carbocycles. The van der Waals surface area contributed by atoms with Crippen molar-refractivity contribution in [2.24, 2.45) is 5.92 Å². The number of hydrogen-bond acceptors (Lipinski definition) is 3. The second kappa shape index (κ2) is 4.78. The lowest BCUT2D eigenvalue weighted by Crippen LogP contribution is -2.33. The Balaban J connectivity index is 1.84. The van der Waals surface area contributed by atoms with Gasteiger partial charge >= 0.3 is 0 Å². The highest BCUT2D eigenvalue weighted by atomic mass is 16.5. The van der Waals surface area contributed by atoms with E-state index < -0.39 is 0 Å². The number of hydrogen-bond donors (Lipinski definition) is 0. The highest BCUT2D eigenvalue weighted by Crippen LogP contribution is 2.33. The number of aryl methyl sites for hydroxylation is 1. The largest absolute Gasteiger partial charge is 0.377 e. The minimum Gasteiger partial charge on any atom is -0.377 e. The molecular formula is C15H17NO3. The summed E-state index contributed by atoms with van der Waals surface area (Å²) >= 11 is 0. The summed E-state index contributed by atoms with van der Waals surface area (Å²) in [5, 5.41) is 0. The number of anilines is 1. The lowest BCUT2D eigenvalue weighted by Gasteiger charge is -2.18. The summed E-state index contributed by atoms with van der Waals surface area (Å²) < 4.78 is 5.56. The second-order valence-electron chi connectivity index (χ2n) is 5.27. The summed E-state index contributed by atoms with van der Waals surface area (Å²) in [4.78, 5) is 25.8. The third kappa shape index (κ3) is 2.16. The zero-order valence-electron chi connectivity index (χ0n) is 11.0. The monoisotopic (exact) mass is 259 g/mol. The molecule has 0 bridgehead atoms. The first-order chi connectivity index (χ1) is 9.16. The van der Waals surface area contributed by atoms with Crippen molar-refractivity contribution in [2.45, 2.75) is 32.3 Å². The Hall–Kier alpha value is -1.68. The predicted molar refractivity (Wildman–Crippen MR) is 70.8 cm³/mol. The Bertz CT molecular complexity index is 503. The van der Waals surface area contributed by atoms with Gasteiger partial charge in [0.15, 0.2) is 0 Å². The summed E-state index contributed by atoms with van der Waals surface area (Å²) in [6, 6.07) is 7.47. The topological polar surface area (TPSA) is 46.6 Å². The quantitative estimate of drug-likeness (QED) is 0.764. The van der Waals surface area contributed by atoms with Crippen LogP contribution >= 0.6 is 0 Å². The van der Waals surface area contributed by atoms with E-state index in [1.165, 1.54) is 4.90 Å². The zero-order chi connectivity index (χ0) is 13.4. The highest BCUT2D eigenvalue weighted by molar-refractivity contribution is 6.21. The van der Waals surface area contributed by atoms with Crippen LogP contribution in [0.25, 0.3) is 0 Å². The average Bonchev–Trinajstić information content (AvgIpc) is 3.00. The van der Waals surface area contributed by atoms with Crippen LogP contribution in [-0.2, 0) is 14.3 Å². The second-order valence-corrected chi connectivity index (χ2v) is 5.27. The first-order valence-electron chi connectivity index (χ1n) is 6.72. The van der Waals surface area contributed by atoms with Crippen molar-refractivity contribution in [3.05, 3.63) is 29.8 Å². The summed E-state index contributed by atoms with van der Waals surface area (Å²) in [5.41, 5.74) is 1.78. The molecule has 4 nitrogen and oxygen atoms in total. The van der Waals surface area contributed by atoms with Crippen molar-refractivity contribution in [3.63, 3.8) is 0 Å². The first kappa shape index (κ1) is 12.4. The van der Waals surface area contributed by atoms with Crippen molar-refractivity contribution < 1.29 is 14.3 Å². The molecule has 0 unspecified atom stereocenters. The third-order valence-corrected chi connectivity index (χ3v) is 3.89. The van der Waals surface area contributed by atoms with Crippen LogP contribution in [0.2, 0.25) is 0 Å². The summed E-state index contributed by atoms with van der Waals surface area (Å²) in [6.45, 7) is 2.68. The highest BCUT2D eigenvalue weighted by Gasteiger charge is 2.44. The zero-order valence-corrected chi connectivity index (χ0v) is 11.0. The van der Waals surface area contributed by atoms with Crippen LogP contribution in [0.5, 0.6) is 0 Å². The van der Waals surface area contributed by atoms with E-state index in [9.17, 15) is 9.59 Å². The Morgan fingerprint density at radius 3 is 2.58 bits per heavy atom. The van der Waals surface area contributed by atoms with E-state index in [0.29, 0.717) is 12.3 Å². The fourth-order valence-electron chi connectivity index (χ4n) is 2.83. The van der Waals surface area contributed by atoms with Crippen molar-refractivity contribution >= 4 is 17.5 Å². The molecule has 0 N–H and O–H groups in total. The van der Waals surface area contributed by atoms with E-state index in [1.54, 1.807) is 0 Å². The number of amides is 2. The van der Waals surface area contributed by atoms with Gasteiger partial charge in [0.05, 0.1) is 17.7 Å². The summed E-state index contributed by atoms with van der Waals surface area (Å²) in [5.74, 6) is -0.522. The SMILES string of the molecule is Cc1ccc(N2C(=O)C[C@H]([C@H]3CCCO3)C2=O)cc1. The van der Waals surface area contributed by atoms with E-state index in [-0.39, 0.29) is 30.3 Å². The minimum atomic E-state index is -0.295. The summed E-state index contributed by atoms with van der Waals surface area (Å²) in [7, 11) is 0. The predicted octanol–water partition coefficient (Wildman–Crippen LogP) is 2.05. The number of ether oxygens (including phenoxy) is 1.